The molecule has 0 spiro atoms. The lowest BCUT2D eigenvalue weighted by atomic mass is 10.1. The Hall–Kier alpha value is -1.95. The smallest absolute Gasteiger partial charge is 0.234 e. The molecule has 21 heavy (non-hydrogen) atoms. The van der Waals surface area contributed by atoms with Crippen molar-refractivity contribution in [3.8, 4) is 5.75 Å². The minimum absolute atomic E-state index is 0.883. The van der Waals surface area contributed by atoms with Crippen LogP contribution in [-0.2, 0) is 19.3 Å². The molecule has 0 radical (unpaired) electrons. The molecular weight excluding hydrogens is 284 g/mol. The summed E-state index contributed by atoms with van der Waals surface area (Å²) in [7, 11) is 1.71. The second-order valence-corrected chi connectivity index (χ2v) is 5.91. The van der Waals surface area contributed by atoms with Gasteiger partial charge >= 0.3 is 0 Å². The van der Waals surface area contributed by atoms with Gasteiger partial charge in [0.25, 0.3) is 0 Å². The third-order valence-electron chi connectivity index (χ3n) is 3.37. The van der Waals surface area contributed by atoms with Crippen molar-refractivity contribution in [2.75, 3.05) is 7.11 Å². The molecule has 2 aromatic heterocycles. The molecule has 0 fully saturated rings. The summed E-state index contributed by atoms with van der Waals surface area (Å²) in [5, 5.41) is 14.1. The summed E-state index contributed by atoms with van der Waals surface area (Å²) in [5.74, 6) is 1.89. The molecule has 0 N–H and O–H groups in total. The maximum absolute atomic E-state index is 5.38. The van der Waals surface area contributed by atoms with Crippen LogP contribution in [-0.4, -0.2) is 26.9 Å². The molecule has 5 nitrogen and oxygen atoms in total. The van der Waals surface area contributed by atoms with Gasteiger partial charge in [-0.15, -0.1) is 10.2 Å². The first kappa shape index (κ1) is 14.0. The van der Waals surface area contributed by atoms with Crippen molar-refractivity contribution >= 4 is 16.3 Å². The number of nitrogens with zero attached hydrogens (tertiary/aromatic N) is 4. The number of methoxy groups -OCH3 is 1. The SMILES string of the molecule is CCCc1nnc2sc(CCc3ccccc3OC)nn12. The zero-order valence-electron chi connectivity index (χ0n) is 12.2. The standard InChI is InChI=1S/C15H18N4OS/c1-3-6-13-16-17-15-19(13)18-14(21-15)10-9-11-7-4-5-8-12(11)20-2/h4-5,7-8H,3,6,9-10H2,1-2H3. The monoisotopic (exact) mass is 302 g/mol. The van der Waals surface area contributed by atoms with Gasteiger partial charge in [-0.1, -0.05) is 36.5 Å². The van der Waals surface area contributed by atoms with Gasteiger partial charge in [0, 0.05) is 12.8 Å². The van der Waals surface area contributed by atoms with Gasteiger partial charge in [0.05, 0.1) is 7.11 Å². The Morgan fingerprint density at radius 2 is 2.00 bits per heavy atom. The fraction of sp³-hybridized carbons (Fsp3) is 0.400. The normalized spacial score (nSPS) is 11.1. The quantitative estimate of drug-likeness (QED) is 0.702. The highest BCUT2D eigenvalue weighted by Crippen LogP contribution is 2.21. The van der Waals surface area contributed by atoms with E-state index in [1.54, 1.807) is 18.4 Å². The number of aromatic nitrogens is 4. The van der Waals surface area contributed by atoms with E-state index in [9.17, 15) is 0 Å². The molecule has 0 aliphatic rings. The van der Waals surface area contributed by atoms with E-state index in [1.165, 1.54) is 5.56 Å². The highest BCUT2D eigenvalue weighted by molar-refractivity contribution is 7.16. The molecule has 3 aromatic rings. The van der Waals surface area contributed by atoms with Gasteiger partial charge < -0.3 is 4.74 Å². The number of hydrogen-bond donors (Lipinski definition) is 0. The van der Waals surface area contributed by atoms with Crippen LogP contribution in [0.2, 0.25) is 0 Å². The van der Waals surface area contributed by atoms with Crippen molar-refractivity contribution in [3.63, 3.8) is 0 Å². The molecule has 0 saturated carbocycles. The molecule has 110 valence electrons. The number of aryl methyl sites for hydroxylation is 3. The highest BCUT2D eigenvalue weighted by atomic mass is 32.1. The van der Waals surface area contributed by atoms with E-state index >= 15 is 0 Å². The Labute approximate surface area is 127 Å². The van der Waals surface area contributed by atoms with Crippen LogP contribution in [0.5, 0.6) is 5.75 Å². The first-order valence-corrected chi connectivity index (χ1v) is 7.95. The number of ether oxygens (including phenoxy) is 1. The lowest BCUT2D eigenvalue weighted by Gasteiger charge is -2.06. The molecule has 0 unspecified atom stereocenters. The third-order valence-corrected chi connectivity index (χ3v) is 4.33. The van der Waals surface area contributed by atoms with Crippen LogP contribution in [0.3, 0.4) is 0 Å². The molecule has 6 heteroatoms. The Morgan fingerprint density at radius 1 is 1.14 bits per heavy atom. The molecular formula is C15H18N4OS. The minimum Gasteiger partial charge on any atom is -0.496 e. The van der Waals surface area contributed by atoms with E-state index in [2.05, 4.69) is 28.3 Å². The number of benzene rings is 1. The highest BCUT2D eigenvalue weighted by Gasteiger charge is 2.11. The van der Waals surface area contributed by atoms with Crippen LogP contribution in [0.15, 0.2) is 24.3 Å². The fourth-order valence-electron chi connectivity index (χ4n) is 2.33. The van der Waals surface area contributed by atoms with Crippen molar-refractivity contribution in [2.24, 2.45) is 0 Å². The second kappa shape index (κ2) is 6.22. The Kier molecular flexibility index (Phi) is 4.15. The third kappa shape index (κ3) is 2.90. The minimum atomic E-state index is 0.883. The van der Waals surface area contributed by atoms with Gasteiger partial charge in [-0.3, -0.25) is 0 Å². The van der Waals surface area contributed by atoms with Gasteiger partial charge in [-0.25, -0.2) is 0 Å². The van der Waals surface area contributed by atoms with E-state index in [4.69, 9.17) is 4.74 Å². The summed E-state index contributed by atoms with van der Waals surface area (Å²) < 4.78 is 7.26. The van der Waals surface area contributed by atoms with Crippen LogP contribution in [0.25, 0.3) is 4.96 Å². The summed E-state index contributed by atoms with van der Waals surface area (Å²) in [6, 6.07) is 8.12. The fourth-order valence-corrected chi connectivity index (χ4v) is 3.18. The van der Waals surface area contributed by atoms with Crippen LogP contribution in [0.4, 0.5) is 0 Å². The Bertz CT molecular complexity index is 734. The van der Waals surface area contributed by atoms with E-state index in [-0.39, 0.29) is 0 Å². The van der Waals surface area contributed by atoms with Crippen LogP contribution in [0, 0.1) is 0 Å². The van der Waals surface area contributed by atoms with Crippen molar-refractivity contribution in [3.05, 3.63) is 40.7 Å². The molecule has 0 saturated heterocycles. The van der Waals surface area contributed by atoms with E-state index < -0.39 is 0 Å². The molecule has 1 aromatic carbocycles. The number of rotatable bonds is 6. The van der Waals surface area contributed by atoms with Gasteiger partial charge in [-0.05, 0) is 24.5 Å². The zero-order chi connectivity index (χ0) is 14.7. The molecule has 3 rings (SSSR count). The van der Waals surface area contributed by atoms with E-state index in [1.807, 2.05) is 22.7 Å². The van der Waals surface area contributed by atoms with E-state index in [0.29, 0.717) is 0 Å². The van der Waals surface area contributed by atoms with E-state index in [0.717, 1.165) is 47.2 Å². The predicted octanol–water partition coefficient (Wildman–Crippen LogP) is 2.93. The maximum Gasteiger partial charge on any atom is 0.234 e. The summed E-state index contributed by atoms with van der Waals surface area (Å²) in [6.45, 7) is 2.13. The zero-order valence-corrected chi connectivity index (χ0v) is 13.1. The maximum atomic E-state index is 5.38. The molecule has 0 amide bonds. The Morgan fingerprint density at radius 3 is 2.81 bits per heavy atom. The van der Waals surface area contributed by atoms with Crippen molar-refractivity contribution < 1.29 is 4.74 Å². The van der Waals surface area contributed by atoms with Crippen LogP contribution >= 0.6 is 11.3 Å². The summed E-state index contributed by atoms with van der Waals surface area (Å²) in [5.41, 5.74) is 1.21. The van der Waals surface area contributed by atoms with Gasteiger partial charge in [0.2, 0.25) is 4.96 Å². The molecule has 0 bridgehead atoms. The second-order valence-electron chi connectivity index (χ2n) is 4.87. The lowest BCUT2D eigenvalue weighted by molar-refractivity contribution is 0.409. The van der Waals surface area contributed by atoms with Gasteiger partial charge in [0.1, 0.15) is 10.8 Å². The van der Waals surface area contributed by atoms with Crippen LogP contribution in [0.1, 0.15) is 29.7 Å². The molecule has 0 atom stereocenters. The lowest BCUT2D eigenvalue weighted by Crippen LogP contribution is -1.98. The van der Waals surface area contributed by atoms with Crippen molar-refractivity contribution in [1.82, 2.24) is 19.8 Å². The molecule has 2 heterocycles. The Balaban J connectivity index is 1.76. The number of fused-ring (bicyclic) bond motifs is 1. The molecule has 0 aliphatic heterocycles. The largest absolute Gasteiger partial charge is 0.496 e. The predicted molar refractivity (Wildman–Crippen MR) is 83.1 cm³/mol. The summed E-state index contributed by atoms with van der Waals surface area (Å²) in [4.78, 5) is 0.883. The number of para-hydroxylation sites is 1. The average Bonchev–Trinajstić information content (AvgIpc) is 3.07. The van der Waals surface area contributed by atoms with Crippen molar-refractivity contribution in [2.45, 2.75) is 32.6 Å². The van der Waals surface area contributed by atoms with Crippen molar-refractivity contribution in [1.29, 1.82) is 0 Å². The first-order valence-electron chi connectivity index (χ1n) is 7.13. The first-order chi connectivity index (χ1) is 10.3. The summed E-state index contributed by atoms with van der Waals surface area (Å²) >= 11 is 1.61. The van der Waals surface area contributed by atoms with Gasteiger partial charge in [0.15, 0.2) is 5.82 Å². The average molecular weight is 302 g/mol. The summed E-state index contributed by atoms with van der Waals surface area (Å²) in [6.07, 6.45) is 3.77. The van der Waals surface area contributed by atoms with Gasteiger partial charge in [-0.2, -0.15) is 9.61 Å². The molecule has 0 aliphatic carbocycles. The number of hydrogen-bond acceptors (Lipinski definition) is 5. The van der Waals surface area contributed by atoms with Crippen LogP contribution < -0.4 is 4.74 Å². The topological polar surface area (TPSA) is 52.3 Å².